The van der Waals surface area contributed by atoms with Crippen molar-refractivity contribution in [2.75, 3.05) is 0 Å². The second kappa shape index (κ2) is 7.05. The number of nitrogens with zero attached hydrogens (tertiary/aromatic N) is 2. The summed E-state index contributed by atoms with van der Waals surface area (Å²) >= 11 is 5.98. The van der Waals surface area contributed by atoms with Crippen LogP contribution in [-0.2, 0) is 11.3 Å². The van der Waals surface area contributed by atoms with Crippen LogP contribution in [0.4, 0.5) is 0 Å². The average molecular weight is 342 g/mol. The lowest BCUT2D eigenvalue weighted by molar-refractivity contribution is -0.122. The lowest BCUT2D eigenvalue weighted by atomic mass is 10.2. The summed E-state index contributed by atoms with van der Waals surface area (Å²) in [6.07, 6.45) is 0.903. The molecule has 1 N–H and O–H groups in total. The SMILES string of the molecule is CCC(C)NC(=O)Cn1c(-c2ccc(Cl)cc2)nc2ccccc21. The number of hydrogen-bond acceptors (Lipinski definition) is 2. The standard InChI is InChI=1S/C19H20ClN3O/c1-3-13(2)21-18(24)12-23-17-7-5-4-6-16(17)22-19(23)14-8-10-15(20)11-9-14/h4-11,13H,3,12H2,1-2H3,(H,21,24). The largest absolute Gasteiger partial charge is 0.352 e. The first-order valence-corrected chi connectivity index (χ1v) is 8.47. The van der Waals surface area contributed by atoms with Gasteiger partial charge in [0.25, 0.3) is 0 Å². The molecule has 1 atom stereocenters. The highest BCUT2D eigenvalue weighted by molar-refractivity contribution is 6.30. The van der Waals surface area contributed by atoms with Crippen molar-refractivity contribution in [3.05, 3.63) is 53.6 Å². The smallest absolute Gasteiger partial charge is 0.240 e. The lowest BCUT2D eigenvalue weighted by Gasteiger charge is -2.14. The molecular weight excluding hydrogens is 322 g/mol. The van der Waals surface area contributed by atoms with E-state index < -0.39 is 0 Å². The number of fused-ring (bicyclic) bond motifs is 1. The van der Waals surface area contributed by atoms with Gasteiger partial charge in [-0.3, -0.25) is 4.79 Å². The second-order valence-corrected chi connectivity index (χ2v) is 6.33. The van der Waals surface area contributed by atoms with Crippen LogP contribution < -0.4 is 5.32 Å². The third-order valence-electron chi connectivity index (χ3n) is 4.08. The zero-order valence-electron chi connectivity index (χ0n) is 13.8. The molecule has 0 radical (unpaired) electrons. The molecule has 1 amide bonds. The average Bonchev–Trinajstić information content (AvgIpc) is 2.94. The minimum absolute atomic E-state index is 0.0114. The molecular formula is C19H20ClN3O. The summed E-state index contributed by atoms with van der Waals surface area (Å²) in [5.41, 5.74) is 2.76. The summed E-state index contributed by atoms with van der Waals surface area (Å²) in [5, 5.41) is 3.69. The van der Waals surface area contributed by atoms with Gasteiger partial charge in [0.1, 0.15) is 12.4 Å². The number of para-hydroxylation sites is 2. The number of carbonyl (C=O) groups is 1. The van der Waals surface area contributed by atoms with Gasteiger partial charge >= 0.3 is 0 Å². The van der Waals surface area contributed by atoms with E-state index in [1.807, 2.05) is 60.0 Å². The summed E-state index contributed by atoms with van der Waals surface area (Å²) in [4.78, 5) is 17.1. The molecule has 0 saturated heterocycles. The van der Waals surface area contributed by atoms with Crippen molar-refractivity contribution in [1.82, 2.24) is 14.9 Å². The Bertz CT molecular complexity index is 855. The van der Waals surface area contributed by atoms with Gasteiger partial charge in [0.05, 0.1) is 11.0 Å². The van der Waals surface area contributed by atoms with Crippen LogP contribution >= 0.6 is 11.6 Å². The van der Waals surface area contributed by atoms with Crippen molar-refractivity contribution in [3.63, 3.8) is 0 Å². The first-order valence-electron chi connectivity index (χ1n) is 8.09. The molecule has 4 nitrogen and oxygen atoms in total. The van der Waals surface area contributed by atoms with Crippen molar-refractivity contribution < 1.29 is 4.79 Å². The Morgan fingerprint density at radius 2 is 1.92 bits per heavy atom. The molecule has 3 rings (SSSR count). The fourth-order valence-corrected chi connectivity index (χ4v) is 2.75. The monoisotopic (exact) mass is 341 g/mol. The van der Waals surface area contributed by atoms with Gasteiger partial charge in [-0.05, 0) is 49.7 Å². The molecule has 3 aromatic rings. The van der Waals surface area contributed by atoms with E-state index in [2.05, 4.69) is 12.2 Å². The van der Waals surface area contributed by atoms with E-state index in [0.29, 0.717) is 5.02 Å². The van der Waals surface area contributed by atoms with Crippen molar-refractivity contribution in [2.24, 2.45) is 0 Å². The van der Waals surface area contributed by atoms with Gasteiger partial charge in [-0.2, -0.15) is 0 Å². The number of hydrogen-bond donors (Lipinski definition) is 1. The van der Waals surface area contributed by atoms with Crippen LogP contribution in [0.5, 0.6) is 0 Å². The molecule has 24 heavy (non-hydrogen) atoms. The zero-order chi connectivity index (χ0) is 17.1. The normalized spacial score (nSPS) is 12.3. The van der Waals surface area contributed by atoms with E-state index in [-0.39, 0.29) is 18.5 Å². The Morgan fingerprint density at radius 1 is 1.21 bits per heavy atom. The van der Waals surface area contributed by atoms with Crippen LogP contribution in [0.1, 0.15) is 20.3 Å². The molecule has 1 unspecified atom stereocenters. The number of halogens is 1. The number of rotatable bonds is 5. The van der Waals surface area contributed by atoms with Gasteiger partial charge < -0.3 is 9.88 Å². The van der Waals surface area contributed by atoms with Gasteiger partial charge in [0.2, 0.25) is 5.91 Å². The Balaban J connectivity index is 2.02. The maximum atomic E-state index is 12.4. The Morgan fingerprint density at radius 3 is 2.62 bits per heavy atom. The first-order chi connectivity index (χ1) is 11.6. The van der Waals surface area contributed by atoms with E-state index in [1.54, 1.807) is 0 Å². The number of imidazole rings is 1. The van der Waals surface area contributed by atoms with Crippen LogP contribution in [0.15, 0.2) is 48.5 Å². The fourth-order valence-electron chi connectivity index (χ4n) is 2.62. The maximum absolute atomic E-state index is 12.4. The van der Waals surface area contributed by atoms with E-state index in [4.69, 9.17) is 16.6 Å². The molecule has 0 aliphatic carbocycles. The summed E-state index contributed by atoms with van der Waals surface area (Å²) in [6, 6.07) is 15.5. The van der Waals surface area contributed by atoms with Crippen LogP contribution in [0.3, 0.4) is 0 Å². The predicted molar refractivity (Wildman–Crippen MR) is 98.1 cm³/mol. The number of aromatic nitrogens is 2. The predicted octanol–water partition coefficient (Wildman–Crippen LogP) is 4.27. The van der Waals surface area contributed by atoms with Crippen LogP contribution in [0.2, 0.25) is 5.02 Å². The quantitative estimate of drug-likeness (QED) is 0.753. The summed E-state index contributed by atoms with van der Waals surface area (Å²) < 4.78 is 1.95. The van der Waals surface area contributed by atoms with E-state index in [0.717, 1.165) is 28.8 Å². The third kappa shape index (κ3) is 3.44. The van der Waals surface area contributed by atoms with Crippen LogP contribution in [-0.4, -0.2) is 21.5 Å². The van der Waals surface area contributed by atoms with E-state index in [1.165, 1.54) is 0 Å². The molecule has 1 aromatic heterocycles. The molecule has 2 aromatic carbocycles. The van der Waals surface area contributed by atoms with Gasteiger partial charge in [0, 0.05) is 16.6 Å². The summed E-state index contributed by atoms with van der Waals surface area (Å²) in [5.74, 6) is 0.759. The molecule has 1 heterocycles. The van der Waals surface area contributed by atoms with E-state index >= 15 is 0 Å². The molecule has 0 spiro atoms. The lowest BCUT2D eigenvalue weighted by Crippen LogP contribution is -2.34. The van der Waals surface area contributed by atoms with Gasteiger partial charge in [-0.1, -0.05) is 30.7 Å². The molecule has 0 saturated carbocycles. The van der Waals surface area contributed by atoms with Crippen LogP contribution in [0, 0.1) is 0 Å². The number of benzene rings is 2. The number of amides is 1. The molecule has 0 fully saturated rings. The Hall–Kier alpha value is -2.33. The Kier molecular flexibility index (Phi) is 4.86. The van der Waals surface area contributed by atoms with Gasteiger partial charge in [-0.25, -0.2) is 4.98 Å². The zero-order valence-corrected chi connectivity index (χ0v) is 14.5. The minimum atomic E-state index is -0.0114. The van der Waals surface area contributed by atoms with E-state index in [9.17, 15) is 4.79 Å². The summed E-state index contributed by atoms with van der Waals surface area (Å²) in [6.45, 7) is 4.30. The second-order valence-electron chi connectivity index (χ2n) is 5.89. The van der Waals surface area contributed by atoms with Crippen molar-refractivity contribution in [3.8, 4) is 11.4 Å². The maximum Gasteiger partial charge on any atom is 0.240 e. The highest BCUT2D eigenvalue weighted by atomic mass is 35.5. The van der Waals surface area contributed by atoms with Crippen LogP contribution in [0.25, 0.3) is 22.4 Å². The van der Waals surface area contributed by atoms with Crippen molar-refractivity contribution >= 4 is 28.5 Å². The molecule has 5 heteroatoms. The van der Waals surface area contributed by atoms with Crippen molar-refractivity contribution in [2.45, 2.75) is 32.9 Å². The van der Waals surface area contributed by atoms with Gasteiger partial charge in [0.15, 0.2) is 0 Å². The molecule has 0 bridgehead atoms. The summed E-state index contributed by atoms with van der Waals surface area (Å²) in [7, 11) is 0. The van der Waals surface area contributed by atoms with Crippen molar-refractivity contribution in [1.29, 1.82) is 0 Å². The topological polar surface area (TPSA) is 46.9 Å². The fraction of sp³-hybridized carbons (Fsp3) is 0.263. The number of nitrogens with one attached hydrogen (secondary N) is 1. The Labute approximate surface area is 146 Å². The van der Waals surface area contributed by atoms with Gasteiger partial charge in [-0.15, -0.1) is 0 Å². The third-order valence-corrected chi connectivity index (χ3v) is 4.33. The molecule has 0 aliphatic heterocycles. The first kappa shape index (κ1) is 16.5. The minimum Gasteiger partial charge on any atom is -0.352 e. The molecule has 0 aliphatic rings. The highest BCUT2D eigenvalue weighted by Crippen LogP contribution is 2.25. The molecule has 124 valence electrons. The highest BCUT2D eigenvalue weighted by Gasteiger charge is 2.15. The number of carbonyl (C=O) groups excluding carboxylic acids is 1.